The van der Waals surface area contributed by atoms with Gasteiger partial charge >= 0.3 is 5.97 Å². The topological polar surface area (TPSA) is 70.5 Å². The molecule has 0 radical (unpaired) electrons. The van der Waals surface area contributed by atoms with Gasteiger partial charge in [-0.2, -0.15) is 0 Å². The summed E-state index contributed by atoms with van der Waals surface area (Å²) in [6.45, 7) is 2.04. The molecular weight excluding hydrogens is 288 g/mol. The highest BCUT2D eigenvalue weighted by atomic mass is 79.9. The number of carboxylic acids is 1. The summed E-state index contributed by atoms with van der Waals surface area (Å²) in [4.78, 5) is 28.2. The molecular formula is C11H11BrN2O3. The average molecular weight is 299 g/mol. The molecule has 1 N–H and O–H groups in total. The number of carboxylic acid groups (broad SMARTS) is 1. The molecule has 1 unspecified atom stereocenters. The van der Waals surface area contributed by atoms with Gasteiger partial charge in [0.25, 0.3) is 0 Å². The maximum absolute atomic E-state index is 11.7. The number of rotatable bonds is 2. The zero-order valence-electron chi connectivity index (χ0n) is 9.18. The van der Waals surface area contributed by atoms with Crippen molar-refractivity contribution in [1.29, 1.82) is 0 Å². The van der Waals surface area contributed by atoms with Crippen molar-refractivity contribution in [2.45, 2.75) is 13.3 Å². The molecule has 90 valence electrons. The fraction of sp³-hybridized carbons (Fsp3) is 0.364. The Balaban J connectivity index is 2.29. The lowest BCUT2D eigenvalue weighted by Gasteiger charge is -2.17. The van der Waals surface area contributed by atoms with Crippen molar-refractivity contribution in [1.82, 2.24) is 4.98 Å². The van der Waals surface area contributed by atoms with Crippen LogP contribution in [-0.4, -0.2) is 28.5 Å². The fourth-order valence-corrected chi connectivity index (χ4v) is 2.34. The first-order valence-corrected chi connectivity index (χ1v) is 5.93. The molecule has 0 aromatic carbocycles. The smallest absolute Gasteiger partial charge is 0.308 e. The molecule has 6 heteroatoms. The van der Waals surface area contributed by atoms with E-state index < -0.39 is 11.9 Å². The molecule has 17 heavy (non-hydrogen) atoms. The van der Waals surface area contributed by atoms with E-state index in [2.05, 4.69) is 20.9 Å². The molecule has 1 amide bonds. The fourth-order valence-electron chi connectivity index (χ4n) is 1.89. The maximum atomic E-state index is 11.7. The second kappa shape index (κ2) is 4.44. The predicted molar refractivity (Wildman–Crippen MR) is 64.8 cm³/mol. The number of hydrogen-bond acceptors (Lipinski definition) is 3. The highest BCUT2D eigenvalue weighted by Gasteiger charge is 2.36. The molecule has 0 saturated carbocycles. The average Bonchev–Trinajstić information content (AvgIpc) is 2.61. The number of aryl methyl sites for hydroxylation is 1. The number of anilines is 1. The van der Waals surface area contributed by atoms with Gasteiger partial charge in [-0.1, -0.05) is 0 Å². The third-order valence-corrected chi connectivity index (χ3v) is 3.18. The summed E-state index contributed by atoms with van der Waals surface area (Å²) in [5.41, 5.74) is 0.846. The highest BCUT2D eigenvalue weighted by molar-refractivity contribution is 9.10. The minimum absolute atomic E-state index is 0.0481. The molecule has 2 rings (SSSR count). The minimum Gasteiger partial charge on any atom is -0.481 e. The summed E-state index contributed by atoms with van der Waals surface area (Å²) in [7, 11) is 0. The van der Waals surface area contributed by atoms with Crippen molar-refractivity contribution in [2.24, 2.45) is 5.92 Å². The Bertz CT molecular complexity index is 490. The van der Waals surface area contributed by atoms with Crippen LogP contribution >= 0.6 is 15.9 Å². The molecule has 1 fully saturated rings. The van der Waals surface area contributed by atoms with E-state index in [0.29, 0.717) is 5.82 Å². The first-order valence-electron chi connectivity index (χ1n) is 5.14. The number of nitrogens with zero attached hydrogens (tertiary/aromatic N) is 2. The first kappa shape index (κ1) is 12.0. The lowest BCUT2D eigenvalue weighted by molar-refractivity contribution is -0.141. The molecule has 0 aliphatic carbocycles. The van der Waals surface area contributed by atoms with E-state index in [9.17, 15) is 9.59 Å². The predicted octanol–water partition coefficient (Wildman–Crippen LogP) is 1.59. The van der Waals surface area contributed by atoms with Gasteiger partial charge in [-0.05, 0) is 34.5 Å². The van der Waals surface area contributed by atoms with Gasteiger partial charge in [0, 0.05) is 23.6 Å². The highest BCUT2D eigenvalue weighted by Crippen LogP contribution is 2.27. The van der Waals surface area contributed by atoms with Crippen LogP contribution in [0, 0.1) is 12.8 Å². The Hall–Kier alpha value is -1.43. The van der Waals surface area contributed by atoms with Gasteiger partial charge in [0.2, 0.25) is 5.91 Å². The summed E-state index contributed by atoms with van der Waals surface area (Å²) in [5.74, 6) is -1.21. The van der Waals surface area contributed by atoms with Crippen LogP contribution in [0.5, 0.6) is 0 Å². The Morgan fingerprint density at radius 2 is 2.35 bits per heavy atom. The van der Waals surface area contributed by atoms with E-state index in [1.54, 1.807) is 6.20 Å². The molecule has 0 spiro atoms. The number of aliphatic carboxylic acids is 1. The summed E-state index contributed by atoms with van der Waals surface area (Å²) >= 11 is 3.30. The number of aromatic nitrogens is 1. The van der Waals surface area contributed by atoms with Gasteiger partial charge in [0.15, 0.2) is 0 Å². The summed E-state index contributed by atoms with van der Waals surface area (Å²) in [6.07, 6.45) is 1.65. The third-order valence-electron chi connectivity index (χ3n) is 2.75. The monoisotopic (exact) mass is 298 g/mol. The number of hydrogen-bond donors (Lipinski definition) is 1. The Kier molecular flexibility index (Phi) is 3.15. The van der Waals surface area contributed by atoms with E-state index >= 15 is 0 Å². The van der Waals surface area contributed by atoms with Crippen LogP contribution in [0.15, 0.2) is 16.7 Å². The van der Waals surface area contributed by atoms with Crippen LogP contribution < -0.4 is 4.90 Å². The molecule has 1 aromatic rings. The van der Waals surface area contributed by atoms with Crippen molar-refractivity contribution in [3.63, 3.8) is 0 Å². The van der Waals surface area contributed by atoms with Crippen LogP contribution in [0.1, 0.15) is 12.0 Å². The van der Waals surface area contributed by atoms with E-state index in [-0.39, 0.29) is 18.9 Å². The summed E-state index contributed by atoms with van der Waals surface area (Å²) in [6, 6.07) is 1.85. The lowest BCUT2D eigenvalue weighted by Crippen LogP contribution is -2.27. The van der Waals surface area contributed by atoms with Gasteiger partial charge in [-0.15, -0.1) is 0 Å². The molecule has 1 aliphatic rings. The van der Waals surface area contributed by atoms with Crippen molar-refractivity contribution in [3.8, 4) is 0 Å². The quantitative estimate of drug-likeness (QED) is 0.900. The van der Waals surface area contributed by atoms with Crippen molar-refractivity contribution in [3.05, 3.63) is 22.3 Å². The minimum atomic E-state index is -0.935. The number of halogens is 1. The molecule has 0 bridgehead atoms. The SMILES string of the molecule is Cc1cc(Br)cnc1N1CC(C(=O)O)CC1=O. The third kappa shape index (κ3) is 2.31. The Labute approximate surface area is 107 Å². The number of pyridine rings is 1. The van der Waals surface area contributed by atoms with E-state index in [1.807, 2.05) is 13.0 Å². The summed E-state index contributed by atoms with van der Waals surface area (Å²) in [5, 5.41) is 8.90. The molecule has 1 saturated heterocycles. The van der Waals surface area contributed by atoms with Crippen LogP contribution in [0.25, 0.3) is 0 Å². The molecule has 1 aliphatic heterocycles. The molecule has 1 atom stereocenters. The zero-order chi connectivity index (χ0) is 12.6. The second-order valence-electron chi connectivity index (χ2n) is 4.04. The Morgan fingerprint density at radius 3 is 2.88 bits per heavy atom. The van der Waals surface area contributed by atoms with Crippen LogP contribution in [0.4, 0.5) is 5.82 Å². The van der Waals surface area contributed by atoms with Gasteiger partial charge in [-0.3, -0.25) is 14.5 Å². The normalized spacial score (nSPS) is 19.8. The number of carbonyl (C=O) groups is 2. The van der Waals surface area contributed by atoms with E-state index in [0.717, 1.165) is 10.0 Å². The molecule has 1 aromatic heterocycles. The lowest BCUT2D eigenvalue weighted by atomic mass is 10.1. The summed E-state index contributed by atoms with van der Waals surface area (Å²) < 4.78 is 0.834. The number of carbonyl (C=O) groups excluding carboxylic acids is 1. The maximum Gasteiger partial charge on any atom is 0.308 e. The van der Waals surface area contributed by atoms with Crippen molar-refractivity contribution < 1.29 is 14.7 Å². The van der Waals surface area contributed by atoms with Gasteiger partial charge in [0.05, 0.1) is 5.92 Å². The standard InChI is InChI=1S/C11H11BrN2O3/c1-6-2-8(12)4-13-10(6)14-5-7(11(16)17)3-9(14)15/h2,4,7H,3,5H2,1H3,(H,16,17). The van der Waals surface area contributed by atoms with E-state index in [4.69, 9.17) is 5.11 Å². The van der Waals surface area contributed by atoms with Crippen molar-refractivity contribution >= 4 is 33.6 Å². The van der Waals surface area contributed by atoms with E-state index in [1.165, 1.54) is 4.90 Å². The Morgan fingerprint density at radius 1 is 1.65 bits per heavy atom. The second-order valence-corrected chi connectivity index (χ2v) is 4.95. The van der Waals surface area contributed by atoms with Crippen LogP contribution in [0.2, 0.25) is 0 Å². The van der Waals surface area contributed by atoms with Crippen LogP contribution in [-0.2, 0) is 9.59 Å². The zero-order valence-corrected chi connectivity index (χ0v) is 10.8. The van der Waals surface area contributed by atoms with Gasteiger partial charge < -0.3 is 5.11 Å². The van der Waals surface area contributed by atoms with Crippen LogP contribution in [0.3, 0.4) is 0 Å². The van der Waals surface area contributed by atoms with Gasteiger partial charge in [0.1, 0.15) is 5.82 Å². The molecule has 5 nitrogen and oxygen atoms in total. The van der Waals surface area contributed by atoms with Gasteiger partial charge in [-0.25, -0.2) is 4.98 Å². The molecule has 2 heterocycles. The first-order chi connectivity index (χ1) is 7.99. The largest absolute Gasteiger partial charge is 0.481 e. The number of amides is 1. The van der Waals surface area contributed by atoms with Crippen molar-refractivity contribution in [2.75, 3.05) is 11.4 Å².